The van der Waals surface area contributed by atoms with Gasteiger partial charge in [-0.1, -0.05) is 53.2 Å². The highest BCUT2D eigenvalue weighted by molar-refractivity contribution is 9.10. The summed E-state index contributed by atoms with van der Waals surface area (Å²) in [7, 11) is 0. The first kappa shape index (κ1) is 13.3. The lowest BCUT2D eigenvalue weighted by Crippen LogP contribution is -2.29. The molecule has 4 heteroatoms. The number of benzene rings is 1. The van der Waals surface area contributed by atoms with Gasteiger partial charge in [0.1, 0.15) is 0 Å². The monoisotopic (exact) mass is 316 g/mol. The van der Waals surface area contributed by atoms with E-state index in [-0.39, 0.29) is 6.04 Å². The SMILES string of the molecule is NNC(CC1CCCC1)c1cc(Cl)cc(Br)c1. The zero-order valence-electron chi connectivity index (χ0n) is 9.76. The number of rotatable bonds is 4. The van der Waals surface area contributed by atoms with Crippen LogP contribution in [0.25, 0.3) is 0 Å². The van der Waals surface area contributed by atoms with Gasteiger partial charge in [0.25, 0.3) is 0 Å². The summed E-state index contributed by atoms with van der Waals surface area (Å²) >= 11 is 9.54. The van der Waals surface area contributed by atoms with Crippen molar-refractivity contribution < 1.29 is 0 Å². The van der Waals surface area contributed by atoms with E-state index in [0.29, 0.717) is 0 Å². The molecule has 3 N–H and O–H groups in total. The molecule has 94 valence electrons. The molecule has 1 aliphatic carbocycles. The summed E-state index contributed by atoms with van der Waals surface area (Å²) in [6.07, 6.45) is 6.49. The van der Waals surface area contributed by atoms with Gasteiger partial charge in [-0.15, -0.1) is 0 Å². The third-order valence-corrected chi connectivity index (χ3v) is 4.21. The second kappa shape index (κ2) is 6.19. The van der Waals surface area contributed by atoms with Crippen molar-refractivity contribution in [2.45, 2.75) is 38.1 Å². The molecule has 0 aromatic heterocycles. The highest BCUT2D eigenvalue weighted by Crippen LogP contribution is 2.34. The van der Waals surface area contributed by atoms with E-state index in [1.807, 2.05) is 12.1 Å². The van der Waals surface area contributed by atoms with Crippen molar-refractivity contribution in [1.82, 2.24) is 5.43 Å². The maximum atomic E-state index is 6.07. The molecule has 1 saturated carbocycles. The molecule has 0 bridgehead atoms. The third-order valence-electron chi connectivity index (χ3n) is 3.53. The Labute approximate surface area is 116 Å². The van der Waals surface area contributed by atoms with Gasteiger partial charge >= 0.3 is 0 Å². The van der Waals surface area contributed by atoms with Crippen LogP contribution >= 0.6 is 27.5 Å². The van der Waals surface area contributed by atoms with Crippen LogP contribution in [0.4, 0.5) is 0 Å². The summed E-state index contributed by atoms with van der Waals surface area (Å²) < 4.78 is 1.01. The first-order chi connectivity index (χ1) is 8.19. The van der Waals surface area contributed by atoms with Crippen molar-refractivity contribution in [3.05, 3.63) is 33.3 Å². The Bertz CT molecular complexity index is 357. The normalized spacial score (nSPS) is 18.5. The van der Waals surface area contributed by atoms with E-state index < -0.39 is 0 Å². The van der Waals surface area contributed by atoms with Gasteiger partial charge in [-0.2, -0.15) is 0 Å². The average Bonchev–Trinajstić information content (AvgIpc) is 2.77. The topological polar surface area (TPSA) is 38.0 Å². The van der Waals surface area contributed by atoms with Gasteiger partial charge in [0.05, 0.1) is 0 Å². The molecule has 1 aromatic rings. The zero-order chi connectivity index (χ0) is 12.3. The Morgan fingerprint density at radius 1 is 1.35 bits per heavy atom. The first-order valence-corrected chi connectivity index (χ1v) is 7.28. The van der Waals surface area contributed by atoms with E-state index in [9.17, 15) is 0 Å². The summed E-state index contributed by atoms with van der Waals surface area (Å²) in [6.45, 7) is 0. The molecule has 0 spiro atoms. The summed E-state index contributed by atoms with van der Waals surface area (Å²) in [4.78, 5) is 0. The Morgan fingerprint density at radius 3 is 2.65 bits per heavy atom. The van der Waals surface area contributed by atoms with Crippen molar-refractivity contribution in [1.29, 1.82) is 0 Å². The summed E-state index contributed by atoms with van der Waals surface area (Å²) in [5.41, 5.74) is 4.09. The van der Waals surface area contributed by atoms with E-state index in [2.05, 4.69) is 27.4 Å². The second-order valence-electron chi connectivity index (χ2n) is 4.81. The molecule has 0 saturated heterocycles. The van der Waals surface area contributed by atoms with Crippen LogP contribution in [0.15, 0.2) is 22.7 Å². The van der Waals surface area contributed by atoms with Crippen molar-refractivity contribution in [3.8, 4) is 0 Å². The summed E-state index contributed by atoms with van der Waals surface area (Å²) in [5, 5.41) is 0.751. The average molecular weight is 318 g/mol. The molecule has 1 fully saturated rings. The maximum Gasteiger partial charge on any atom is 0.0463 e. The van der Waals surface area contributed by atoms with Gasteiger partial charge in [0.15, 0.2) is 0 Å². The van der Waals surface area contributed by atoms with Gasteiger partial charge < -0.3 is 0 Å². The fraction of sp³-hybridized carbons (Fsp3) is 0.538. The molecule has 0 heterocycles. The maximum absolute atomic E-state index is 6.07. The molecule has 2 nitrogen and oxygen atoms in total. The number of halogens is 2. The summed E-state index contributed by atoms with van der Waals surface area (Å²) in [6, 6.07) is 6.18. The minimum Gasteiger partial charge on any atom is -0.271 e. The number of hydrogen-bond donors (Lipinski definition) is 2. The van der Waals surface area contributed by atoms with Crippen LogP contribution in [0, 0.1) is 5.92 Å². The van der Waals surface area contributed by atoms with Crippen LogP contribution < -0.4 is 11.3 Å². The molecule has 1 aromatic carbocycles. The van der Waals surface area contributed by atoms with Crippen LogP contribution in [0.2, 0.25) is 5.02 Å². The van der Waals surface area contributed by atoms with E-state index in [1.54, 1.807) is 0 Å². The van der Waals surface area contributed by atoms with Crippen molar-refractivity contribution in [2.75, 3.05) is 0 Å². The molecule has 2 rings (SSSR count). The van der Waals surface area contributed by atoms with Crippen LogP contribution in [-0.2, 0) is 0 Å². The van der Waals surface area contributed by atoms with E-state index in [0.717, 1.165) is 21.8 Å². The lowest BCUT2D eigenvalue weighted by molar-refractivity contribution is 0.400. The molecule has 0 aliphatic heterocycles. The van der Waals surface area contributed by atoms with Gasteiger partial charge in [-0.3, -0.25) is 11.3 Å². The Hall–Kier alpha value is -0.0900. The number of hydrazine groups is 1. The fourth-order valence-electron chi connectivity index (χ4n) is 2.66. The molecule has 17 heavy (non-hydrogen) atoms. The molecular weight excluding hydrogens is 300 g/mol. The van der Waals surface area contributed by atoms with Crippen molar-refractivity contribution in [2.24, 2.45) is 11.8 Å². The number of hydrogen-bond acceptors (Lipinski definition) is 2. The zero-order valence-corrected chi connectivity index (χ0v) is 12.1. The van der Waals surface area contributed by atoms with Crippen LogP contribution in [-0.4, -0.2) is 0 Å². The molecule has 1 aliphatic rings. The molecule has 1 atom stereocenters. The lowest BCUT2D eigenvalue weighted by Gasteiger charge is -2.20. The number of nitrogens with one attached hydrogen (secondary N) is 1. The van der Waals surface area contributed by atoms with Crippen LogP contribution in [0.1, 0.15) is 43.7 Å². The van der Waals surface area contributed by atoms with Crippen LogP contribution in [0.5, 0.6) is 0 Å². The first-order valence-electron chi connectivity index (χ1n) is 6.11. The smallest absolute Gasteiger partial charge is 0.0463 e. The van der Waals surface area contributed by atoms with Gasteiger partial charge in [0, 0.05) is 15.5 Å². The fourth-order valence-corrected chi connectivity index (χ4v) is 3.54. The molecule has 0 radical (unpaired) electrons. The quantitative estimate of drug-likeness (QED) is 0.645. The minimum atomic E-state index is 0.202. The standard InChI is InChI=1S/C13H18BrClN2/c14-11-6-10(7-12(15)8-11)13(17-16)5-9-3-1-2-4-9/h6-9,13,17H,1-5,16H2. The van der Waals surface area contributed by atoms with Gasteiger partial charge in [-0.05, 0) is 36.1 Å². The highest BCUT2D eigenvalue weighted by Gasteiger charge is 2.21. The van der Waals surface area contributed by atoms with Crippen LogP contribution in [0.3, 0.4) is 0 Å². The molecule has 1 unspecified atom stereocenters. The number of nitrogens with two attached hydrogens (primary N) is 1. The van der Waals surface area contributed by atoms with E-state index in [1.165, 1.54) is 31.2 Å². The van der Waals surface area contributed by atoms with Gasteiger partial charge in [-0.25, -0.2) is 0 Å². The van der Waals surface area contributed by atoms with Crippen molar-refractivity contribution in [3.63, 3.8) is 0 Å². The molecule has 0 amide bonds. The Kier molecular flexibility index (Phi) is 4.86. The summed E-state index contributed by atoms with van der Waals surface area (Å²) in [5.74, 6) is 6.47. The Morgan fingerprint density at radius 2 is 2.06 bits per heavy atom. The predicted octanol–water partition coefficient (Wildman–Crippen LogP) is 4.19. The largest absolute Gasteiger partial charge is 0.271 e. The predicted molar refractivity (Wildman–Crippen MR) is 75.8 cm³/mol. The van der Waals surface area contributed by atoms with Crippen molar-refractivity contribution >= 4 is 27.5 Å². The van der Waals surface area contributed by atoms with Gasteiger partial charge in [0.2, 0.25) is 0 Å². The minimum absolute atomic E-state index is 0.202. The van der Waals surface area contributed by atoms with E-state index in [4.69, 9.17) is 17.4 Å². The highest BCUT2D eigenvalue weighted by atomic mass is 79.9. The lowest BCUT2D eigenvalue weighted by atomic mass is 9.94. The third kappa shape index (κ3) is 3.68. The molecular formula is C13H18BrClN2. The second-order valence-corrected chi connectivity index (χ2v) is 6.16. The van der Waals surface area contributed by atoms with E-state index >= 15 is 0 Å². The Balaban J connectivity index is 2.10.